The van der Waals surface area contributed by atoms with Crippen molar-refractivity contribution in [2.24, 2.45) is 7.05 Å². The third-order valence-electron chi connectivity index (χ3n) is 3.33. The van der Waals surface area contributed by atoms with Gasteiger partial charge in [-0.1, -0.05) is 0 Å². The monoisotopic (exact) mass is 254 g/mol. The average Bonchev–Trinajstić information content (AvgIpc) is 2.84. The predicted octanol–water partition coefficient (Wildman–Crippen LogP) is 1.79. The Morgan fingerprint density at radius 2 is 2.21 bits per heavy atom. The van der Waals surface area contributed by atoms with Crippen LogP contribution in [0.25, 0.3) is 11.1 Å². The first-order chi connectivity index (χ1) is 9.19. The van der Waals surface area contributed by atoms with Gasteiger partial charge in [-0.25, -0.2) is 0 Å². The SMILES string of the molecule is CN1CCOc2cc(-c3cnn(C)c3)c(C#N)cc21. The summed E-state index contributed by atoms with van der Waals surface area (Å²) in [6.07, 6.45) is 3.66. The summed E-state index contributed by atoms with van der Waals surface area (Å²) in [5, 5.41) is 13.5. The van der Waals surface area contributed by atoms with Crippen molar-refractivity contribution >= 4 is 5.69 Å². The summed E-state index contributed by atoms with van der Waals surface area (Å²) >= 11 is 0. The molecule has 0 unspecified atom stereocenters. The molecule has 5 nitrogen and oxygen atoms in total. The molecule has 2 aromatic rings. The van der Waals surface area contributed by atoms with Gasteiger partial charge < -0.3 is 9.64 Å². The molecule has 3 rings (SSSR count). The van der Waals surface area contributed by atoms with Crippen molar-refractivity contribution in [1.29, 1.82) is 5.26 Å². The van der Waals surface area contributed by atoms with Gasteiger partial charge in [0.2, 0.25) is 0 Å². The Morgan fingerprint density at radius 3 is 2.89 bits per heavy atom. The lowest BCUT2D eigenvalue weighted by molar-refractivity contribution is 0.311. The van der Waals surface area contributed by atoms with Gasteiger partial charge in [0.05, 0.1) is 30.1 Å². The average molecular weight is 254 g/mol. The van der Waals surface area contributed by atoms with Gasteiger partial charge in [0.25, 0.3) is 0 Å². The predicted molar refractivity (Wildman–Crippen MR) is 72.1 cm³/mol. The molecule has 0 spiro atoms. The highest BCUT2D eigenvalue weighted by molar-refractivity contribution is 5.77. The van der Waals surface area contributed by atoms with Gasteiger partial charge in [0.1, 0.15) is 12.4 Å². The van der Waals surface area contributed by atoms with E-state index in [1.54, 1.807) is 10.9 Å². The standard InChI is InChI=1S/C14H14N4O/c1-17-3-4-19-14-6-12(10(7-15)5-13(14)17)11-8-16-18(2)9-11/h5-6,8-9H,3-4H2,1-2H3. The maximum Gasteiger partial charge on any atom is 0.143 e. The summed E-state index contributed by atoms with van der Waals surface area (Å²) in [5.41, 5.74) is 3.41. The zero-order chi connectivity index (χ0) is 13.4. The maximum absolute atomic E-state index is 9.34. The van der Waals surface area contributed by atoms with E-state index in [0.717, 1.165) is 29.1 Å². The van der Waals surface area contributed by atoms with Crippen LogP contribution in [0.15, 0.2) is 24.5 Å². The lowest BCUT2D eigenvalue weighted by atomic mass is 10.0. The molecule has 96 valence electrons. The number of rotatable bonds is 1. The molecule has 0 saturated carbocycles. The van der Waals surface area contributed by atoms with Crippen molar-refractivity contribution in [3.05, 3.63) is 30.1 Å². The molecule has 19 heavy (non-hydrogen) atoms. The summed E-state index contributed by atoms with van der Waals surface area (Å²) in [4.78, 5) is 2.10. The Hall–Kier alpha value is -2.48. The number of likely N-dealkylation sites (N-methyl/N-ethyl adjacent to an activating group) is 1. The van der Waals surface area contributed by atoms with Crippen LogP contribution in [-0.4, -0.2) is 30.0 Å². The number of nitrogens with zero attached hydrogens (tertiary/aromatic N) is 4. The second-order valence-corrected chi connectivity index (χ2v) is 4.65. The topological polar surface area (TPSA) is 54.1 Å². The van der Waals surface area contributed by atoms with Gasteiger partial charge in [-0.3, -0.25) is 4.68 Å². The van der Waals surface area contributed by atoms with Crippen LogP contribution in [0.1, 0.15) is 5.56 Å². The summed E-state index contributed by atoms with van der Waals surface area (Å²) in [6, 6.07) is 6.07. The van der Waals surface area contributed by atoms with Crippen LogP contribution in [0.4, 0.5) is 5.69 Å². The zero-order valence-corrected chi connectivity index (χ0v) is 10.9. The molecule has 0 atom stereocenters. The molecule has 0 fully saturated rings. The third kappa shape index (κ3) is 1.91. The second kappa shape index (κ2) is 4.32. The number of fused-ring (bicyclic) bond motifs is 1. The van der Waals surface area contributed by atoms with E-state index in [9.17, 15) is 5.26 Å². The van der Waals surface area contributed by atoms with E-state index >= 15 is 0 Å². The molecule has 0 bridgehead atoms. The van der Waals surface area contributed by atoms with Crippen molar-refractivity contribution in [3.8, 4) is 22.9 Å². The van der Waals surface area contributed by atoms with Crippen molar-refractivity contribution in [2.75, 3.05) is 25.1 Å². The number of benzene rings is 1. The normalized spacial score (nSPS) is 13.6. The first-order valence-electron chi connectivity index (χ1n) is 6.10. The molecule has 5 heteroatoms. The van der Waals surface area contributed by atoms with Gasteiger partial charge in [-0.2, -0.15) is 10.4 Å². The van der Waals surface area contributed by atoms with Gasteiger partial charge in [-0.05, 0) is 12.1 Å². The third-order valence-corrected chi connectivity index (χ3v) is 3.33. The fourth-order valence-corrected chi connectivity index (χ4v) is 2.29. The largest absolute Gasteiger partial charge is 0.490 e. The number of hydrogen-bond acceptors (Lipinski definition) is 4. The minimum Gasteiger partial charge on any atom is -0.490 e. The van der Waals surface area contributed by atoms with Crippen LogP contribution in [0.2, 0.25) is 0 Å². The molecular weight excluding hydrogens is 240 g/mol. The number of hydrogen-bond donors (Lipinski definition) is 0. The van der Waals surface area contributed by atoms with E-state index in [1.807, 2.05) is 32.4 Å². The Morgan fingerprint density at radius 1 is 1.37 bits per heavy atom. The zero-order valence-electron chi connectivity index (χ0n) is 10.9. The summed E-state index contributed by atoms with van der Waals surface area (Å²) in [6.45, 7) is 1.51. The van der Waals surface area contributed by atoms with E-state index in [0.29, 0.717) is 12.2 Å². The molecule has 2 heterocycles. The maximum atomic E-state index is 9.34. The second-order valence-electron chi connectivity index (χ2n) is 4.65. The molecule has 0 N–H and O–H groups in total. The van der Waals surface area contributed by atoms with E-state index in [4.69, 9.17) is 4.74 Å². The minimum absolute atomic E-state index is 0.643. The van der Waals surface area contributed by atoms with Crippen LogP contribution in [0, 0.1) is 11.3 Å². The Labute approximate surface area is 111 Å². The van der Waals surface area contributed by atoms with E-state index in [-0.39, 0.29) is 0 Å². The fraction of sp³-hybridized carbons (Fsp3) is 0.286. The minimum atomic E-state index is 0.643. The molecule has 0 aliphatic carbocycles. The van der Waals surface area contributed by atoms with Crippen LogP contribution in [-0.2, 0) is 7.05 Å². The van der Waals surface area contributed by atoms with Gasteiger partial charge in [0, 0.05) is 31.4 Å². The van der Waals surface area contributed by atoms with E-state index in [2.05, 4.69) is 16.1 Å². The Bertz CT molecular complexity index is 669. The number of anilines is 1. The smallest absolute Gasteiger partial charge is 0.143 e. The first-order valence-corrected chi connectivity index (χ1v) is 6.10. The first kappa shape index (κ1) is 11.6. The van der Waals surface area contributed by atoms with Crippen molar-refractivity contribution in [3.63, 3.8) is 0 Å². The van der Waals surface area contributed by atoms with Crippen LogP contribution in [0.5, 0.6) is 5.75 Å². The van der Waals surface area contributed by atoms with Gasteiger partial charge in [0.15, 0.2) is 0 Å². The Kier molecular flexibility index (Phi) is 2.64. The number of aryl methyl sites for hydroxylation is 1. The number of nitriles is 1. The molecule has 1 aromatic carbocycles. The highest BCUT2D eigenvalue weighted by atomic mass is 16.5. The summed E-state index contributed by atoms with van der Waals surface area (Å²) in [5.74, 6) is 0.826. The fourth-order valence-electron chi connectivity index (χ4n) is 2.29. The lowest BCUT2D eigenvalue weighted by Gasteiger charge is -2.28. The Balaban J connectivity index is 2.18. The van der Waals surface area contributed by atoms with Crippen molar-refractivity contribution in [2.45, 2.75) is 0 Å². The molecule has 0 amide bonds. The van der Waals surface area contributed by atoms with Crippen LogP contribution < -0.4 is 9.64 Å². The molecule has 1 aliphatic heterocycles. The number of ether oxygens (including phenoxy) is 1. The van der Waals surface area contributed by atoms with Gasteiger partial charge in [-0.15, -0.1) is 0 Å². The summed E-state index contributed by atoms with van der Waals surface area (Å²) < 4.78 is 7.41. The molecular formula is C14H14N4O. The molecule has 1 aromatic heterocycles. The molecule has 0 saturated heterocycles. The van der Waals surface area contributed by atoms with Crippen LogP contribution >= 0.6 is 0 Å². The van der Waals surface area contributed by atoms with Crippen molar-refractivity contribution < 1.29 is 4.74 Å². The molecule has 0 radical (unpaired) electrons. The van der Waals surface area contributed by atoms with Crippen molar-refractivity contribution in [1.82, 2.24) is 9.78 Å². The van der Waals surface area contributed by atoms with E-state index in [1.165, 1.54) is 0 Å². The highest BCUT2D eigenvalue weighted by Gasteiger charge is 2.19. The quantitative estimate of drug-likeness (QED) is 0.778. The summed E-state index contributed by atoms with van der Waals surface area (Å²) in [7, 11) is 3.87. The van der Waals surface area contributed by atoms with E-state index < -0.39 is 0 Å². The van der Waals surface area contributed by atoms with Gasteiger partial charge >= 0.3 is 0 Å². The molecule has 1 aliphatic rings. The van der Waals surface area contributed by atoms with Crippen LogP contribution in [0.3, 0.4) is 0 Å². The number of aromatic nitrogens is 2. The lowest BCUT2D eigenvalue weighted by Crippen LogP contribution is -2.28. The highest BCUT2D eigenvalue weighted by Crippen LogP contribution is 2.37.